The van der Waals surface area contributed by atoms with Crippen molar-refractivity contribution in [3.8, 4) is 0 Å². The minimum atomic E-state index is -3.36. The minimum absolute atomic E-state index is 0.0449. The van der Waals surface area contributed by atoms with Crippen molar-refractivity contribution in [3.63, 3.8) is 0 Å². The molecule has 2 heterocycles. The number of carboxylic acid groups (broad SMARTS) is 1. The number of nitrogens with zero attached hydrogens (tertiary/aromatic N) is 1. The molecular formula is C12H17NO4S2. The third kappa shape index (κ3) is 3.16. The molecule has 0 amide bonds. The van der Waals surface area contributed by atoms with Crippen LogP contribution in [0.3, 0.4) is 0 Å². The van der Waals surface area contributed by atoms with E-state index in [0.717, 1.165) is 4.88 Å². The van der Waals surface area contributed by atoms with Gasteiger partial charge in [0, 0.05) is 18.0 Å². The van der Waals surface area contributed by atoms with Crippen LogP contribution >= 0.6 is 11.3 Å². The summed E-state index contributed by atoms with van der Waals surface area (Å²) in [7, 11) is -3.36. The van der Waals surface area contributed by atoms with Crippen LogP contribution in [-0.2, 0) is 21.2 Å². The molecule has 1 aromatic rings. The molecule has 0 spiro atoms. The van der Waals surface area contributed by atoms with Crippen LogP contribution in [0.25, 0.3) is 0 Å². The number of sulfonamides is 1. The van der Waals surface area contributed by atoms with E-state index in [1.165, 1.54) is 15.6 Å². The van der Waals surface area contributed by atoms with Gasteiger partial charge in [0.05, 0.1) is 11.2 Å². The summed E-state index contributed by atoms with van der Waals surface area (Å²) in [5, 5.41) is 11.0. The van der Waals surface area contributed by atoms with E-state index in [0.29, 0.717) is 19.4 Å². The Morgan fingerprint density at radius 1 is 1.58 bits per heavy atom. The molecule has 19 heavy (non-hydrogen) atoms. The lowest BCUT2D eigenvalue weighted by Crippen LogP contribution is -2.36. The van der Waals surface area contributed by atoms with Crippen LogP contribution in [0.2, 0.25) is 0 Å². The topological polar surface area (TPSA) is 74.7 Å². The second-order valence-electron chi connectivity index (χ2n) is 5.09. The first-order chi connectivity index (χ1) is 8.83. The maximum absolute atomic E-state index is 12.2. The molecule has 1 atom stereocenters. The summed E-state index contributed by atoms with van der Waals surface area (Å²) >= 11 is 1.53. The van der Waals surface area contributed by atoms with Crippen molar-refractivity contribution in [1.82, 2.24) is 4.31 Å². The number of thiophene rings is 1. The highest BCUT2D eigenvalue weighted by molar-refractivity contribution is 7.89. The Morgan fingerprint density at radius 3 is 2.84 bits per heavy atom. The van der Waals surface area contributed by atoms with E-state index < -0.39 is 21.4 Å². The molecule has 1 aliphatic heterocycles. The molecule has 1 unspecified atom stereocenters. The fraction of sp³-hybridized carbons (Fsp3) is 0.583. The molecule has 7 heteroatoms. The van der Waals surface area contributed by atoms with E-state index in [2.05, 4.69) is 0 Å². The highest BCUT2D eigenvalue weighted by Gasteiger charge is 2.44. The molecule has 0 radical (unpaired) electrons. The van der Waals surface area contributed by atoms with Crippen LogP contribution in [0.4, 0.5) is 0 Å². The van der Waals surface area contributed by atoms with Crippen molar-refractivity contribution < 1.29 is 18.3 Å². The normalized spacial score (nSPS) is 24.7. The highest BCUT2D eigenvalue weighted by atomic mass is 32.2. The van der Waals surface area contributed by atoms with Crippen LogP contribution in [0.15, 0.2) is 17.5 Å². The lowest BCUT2D eigenvalue weighted by molar-refractivity contribution is -0.146. The fourth-order valence-electron chi connectivity index (χ4n) is 2.14. The second-order valence-corrected chi connectivity index (χ2v) is 8.22. The van der Waals surface area contributed by atoms with Crippen LogP contribution < -0.4 is 0 Å². The monoisotopic (exact) mass is 303 g/mol. The van der Waals surface area contributed by atoms with Crippen molar-refractivity contribution in [2.24, 2.45) is 5.41 Å². The third-order valence-electron chi connectivity index (χ3n) is 3.53. The lowest BCUT2D eigenvalue weighted by atomic mass is 9.90. The smallest absolute Gasteiger partial charge is 0.310 e. The summed E-state index contributed by atoms with van der Waals surface area (Å²) in [5.74, 6) is -0.883. The van der Waals surface area contributed by atoms with Gasteiger partial charge in [-0.2, -0.15) is 0 Å². The van der Waals surface area contributed by atoms with Gasteiger partial charge in [-0.15, -0.1) is 11.3 Å². The van der Waals surface area contributed by atoms with Crippen molar-refractivity contribution >= 4 is 27.3 Å². The predicted octanol–water partition coefficient (Wildman–Crippen LogP) is 1.42. The van der Waals surface area contributed by atoms with Crippen LogP contribution in [0, 0.1) is 5.41 Å². The SMILES string of the molecule is CC1(C(=O)O)CCN(S(=O)(=O)CCc2cccs2)C1. The standard InChI is InChI=1S/C12H17NO4S2/c1-12(11(14)15)5-6-13(9-12)19(16,17)8-4-10-3-2-7-18-10/h2-3,7H,4-6,8-9H2,1H3,(H,14,15). The first-order valence-electron chi connectivity index (χ1n) is 6.07. The second kappa shape index (κ2) is 5.22. The van der Waals surface area contributed by atoms with E-state index in [4.69, 9.17) is 5.11 Å². The molecule has 1 aromatic heterocycles. The van der Waals surface area contributed by atoms with Crippen molar-refractivity contribution in [2.75, 3.05) is 18.8 Å². The molecule has 0 aromatic carbocycles. The number of hydrogen-bond acceptors (Lipinski definition) is 4. The van der Waals surface area contributed by atoms with Gasteiger partial charge in [-0.1, -0.05) is 6.07 Å². The fourth-order valence-corrected chi connectivity index (χ4v) is 4.57. The Balaban J connectivity index is 2.00. The number of aryl methyl sites for hydroxylation is 1. The van der Waals surface area contributed by atoms with Gasteiger partial charge in [0.15, 0.2) is 0 Å². The molecule has 1 aliphatic rings. The summed E-state index contributed by atoms with van der Waals surface area (Å²) in [6.07, 6.45) is 0.862. The first-order valence-corrected chi connectivity index (χ1v) is 8.56. The van der Waals surface area contributed by atoms with E-state index in [1.807, 2.05) is 17.5 Å². The summed E-state index contributed by atoms with van der Waals surface area (Å²) in [4.78, 5) is 12.2. The Hall–Kier alpha value is -0.920. The molecule has 1 N–H and O–H groups in total. The van der Waals surface area contributed by atoms with Gasteiger partial charge in [-0.25, -0.2) is 12.7 Å². The summed E-state index contributed by atoms with van der Waals surface area (Å²) < 4.78 is 25.7. The zero-order valence-electron chi connectivity index (χ0n) is 10.7. The van der Waals surface area contributed by atoms with Crippen LogP contribution in [0.1, 0.15) is 18.2 Å². The Bertz CT molecular complexity index is 552. The molecule has 1 fully saturated rings. The molecule has 0 aliphatic carbocycles. The Kier molecular flexibility index (Phi) is 3.98. The number of carboxylic acids is 1. The van der Waals surface area contributed by atoms with Crippen LogP contribution in [-0.4, -0.2) is 42.6 Å². The van der Waals surface area contributed by atoms with Gasteiger partial charge in [-0.3, -0.25) is 4.79 Å². The lowest BCUT2D eigenvalue weighted by Gasteiger charge is -2.19. The van der Waals surface area contributed by atoms with E-state index in [9.17, 15) is 13.2 Å². The van der Waals surface area contributed by atoms with Crippen LogP contribution in [0.5, 0.6) is 0 Å². The zero-order chi connectivity index (χ0) is 14.1. The van der Waals surface area contributed by atoms with Gasteiger partial charge < -0.3 is 5.11 Å². The van der Waals surface area contributed by atoms with E-state index >= 15 is 0 Å². The number of rotatable bonds is 5. The van der Waals surface area contributed by atoms with Gasteiger partial charge >= 0.3 is 5.97 Å². The molecular weight excluding hydrogens is 286 g/mol. The minimum Gasteiger partial charge on any atom is -0.481 e. The largest absolute Gasteiger partial charge is 0.481 e. The molecule has 0 saturated carbocycles. The number of carbonyl (C=O) groups is 1. The number of hydrogen-bond donors (Lipinski definition) is 1. The third-order valence-corrected chi connectivity index (χ3v) is 6.29. The van der Waals surface area contributed by atoms with Gasteiger partial charge in [-0.05, 0) is 31.2 Å². The Morgan fingerprint density at radius 2 is 2.32 bits per heavy atom. The summed E-state index contributed by atoms with van der Waals surface area (Å²) in [6.45, 7) is 1.98. The number of aliphatic carboxylic acids is 1. The van der Waals surface area contributed by atoms with Gasteiger partial charge in [0.2, 0.25) is 10.0 Å². The van der Waals surface area contributed by atoms with Crippen molar-refractivity contribution in [1.29, 1.82) is 0 Å². The van der Waals surface area contributed by atoms with Gasteiger partial charge in [0.25, 0.3) is 0 Å². The molecule has 2 rings (SSSR count). The Labute approximate surface area is 116 Å². The average Bonchev–Trinajstić information content (AvgIpc) is 2.96. The quantitative estimate of drug-likeness (QED) is 0.892. The molecule has 1 saturated heterocycles. The van der Waals surface area contributed by atoms with Crippen molar-refractivity contribution in [3.05, 3.63) is 22.4 Å². The molecule has 0 bridgehead atoms. The molecule has 106 valence electrons. The van der Waals surface area contributed by atoms with Crippen molar-refractivity contribution in [2.45, 2.75) is 19.8 Å². The van der Waals surface area contributed by atoms with E-state index in [1.54, 1.807) is 6.92 Å². The predicted molar refractivity (Wildman–Crippen MR) is 73.7 cm³/mol. The first kappa shape index (κ1) is 14.5. The van der Waals surface area contributed by atoms with E-state index in [-0.39, 0.29) is 12.3 Å². The maximum atomic E-state index is 12.2. The maximum Gasteiger partial charge on any atom is 0.310 e. The zero-order valence-corrected chi connectivity index (χ0v) is 12.3. The summed E-state index contributed by atoms with van der Waals surface area (Å²) in [6, 6.07) is 3.80. The molecule has 5 nitrogen and oxygen atoms in total. The highest BCUT2D eigenvalue weighted by Crippen LogP contribution is 2.32. The van der Waals surface area contributed by atoms with Gasteiger partial charge in [0.1, 0.15) is 0 Å². The summed E-state index contributed by atoms with van der Waals surface area (Å²) in [5.41, 5.74) is -0.948. The average molecular weight is 303 g/mol.